The van der Waals surface area contributed by atoms with Gasteiger partial charge in [-0.15, -0.1) is 15.0 Å². The molecule has 1 aromatic heterocycles. The zero-order chi connectivity index (χ0) is 11.5. The van der Waals surface area contributed by atoms with E-state index in [0.29, 0.717) is 10.8 Å². The molecule has 0 bridgehead atoms. The average molecular weight is 234 g/mol. The molecule has 0 aliphatic rings. The number of halogens is 1. The second-order valence-electron chi connectivity index (χ2n) is 3.25. The quantitative estimate of drug-likeness (QED) is 0.797. The summed E-state index contributed by atoms with van der Waals surface area (Å²) in [5, 5.41) is 21.2. The second kappa shape index (κ2) is 4.29. The molecule has 80 valence electrons. The van der Waals surface area contributed by atoms with E-state index in [1.165, 1.54) is 4.80 Å². The number of benzene rings is 1. The third-order valence-corrected chi connectivity index (χ3v) is 2.32. The first kappa shape index (κ1) is 10.6. The first-order chi connectivity index (χ1) is 7.70. The van der Waals surface area contributed by atoms with Gasteiger partial charge in [-0.2, -0.15) is 5.26 Å². The Morgan fingerprint density at radius 2 is 2.06 bits per heavy atom. The molecule has 0 spiro atoms. The standard InChI is InChI=1S/C10H8ClN5/c1-7(6-12)16-14-10(13-15-16)8-2-4-9(11)5-3-8/h2-5,7H,1H3. The fourth-order valence-corrected chi connectivity index (χ4v) is 1.28. The summed E-state index contributed by atoms with van der Waals surface area (Å²) in [6.45, 7) is 1.70. The number of nitriles is 1. The number of aromatic nitrogens is 4. The van der Waals surface area contributed by atoms with Gasteiger partial charge in [0.25, 0.3) is 0 Å². The molecule has 2 rings (SSSR count). The van der Waals surface area contributed by atoms with Gasteiger partial charge in [0.05, 0.1) is 6.07 Å². The zero-order valence-corrected chi connectivity index (χ0v) is 9.26. The first-order valence-electron chi connectivity index (χ1n) is 4.66. The van der Waals surface area contributed by atoms with Gasteiger partial charge in [-0.3, -0.25) is 0 Å². The van der Waals surface area contributed by atoms with Gasteiger partial charge in [0.2, 0.25) is 5.82 Å². The van der Waals surface area contributed by atoms with Gasteiger partial charge in [-0.1, -0.05) is 11.6 Å². The summed E-state index contributed by atoms with van der Waals surface area (Å²) >= 11 is 5.77. The fraction of sp³-hybridized carbons (Fsp3) is 0.200. The van der Waals surface area contributed by atoms with E-state index in [0.717, 1.165) is 5.56 Å². The molecule has 1 heterocycles. The highest BCUT2D eigenvalue weighted by Crippen LogP contribution is 2.17. The lowest BCUT2D eigenvalue weighted by Crippen LogP contribution is -2.06. The SMILES string of the molecule is CC(C#N)n1nnc(-c2ccc(Cl)cc2)n1. The summed E-state index contributed by atoms with van der Waals surface area (Å²) in [4.78, 5) is 1.28. The van der Waals surface area contributed by atoms with Gasteiger partial charge in [0, 0.05) is 10.6 Å². The molecule has 16 heavy (non-hydrogen) atoms. The molecule has 1 atom stereocenters. The minimum Gasteiger partial charge on any atom is -0.196 e. The Labute approximate surface area is 97.3 Å². The predicted octanol–water partition coefficient (Wildman–Crippen LogP) is 2.08. The van der Waals surface area contributed by atoms with Gasteiger partial charge < -0.3 is 0 Å². The van der Waals surface area contributed by atoms with Crippen molar-refractivity contribution >= 4 is 11.6 Å². The molecule has 0 fully saturated rings. The van der Waals surface area contributed by atoms with E-state index in [9.17, 15) is 0 Å². The minimum absolute atomic E-state index is 0.423. The predicted molar refractivity (Wildman–Crippen MR) is 58.6 cm³/mol. The monoisotopic (exact) mass is 233 g/mol. The summed E-state index contributed by atoms with van der Waals surface area (Å²) in [6, 6.07) is 8.73. The Bertz CT molecular complexity index is 525. The minimum atomic E-state index is -0.423. The Morgan fingerprint density at radius 3 is 2.69 bits per heavy atom. The van der Waals surface area contributed by atoms with Crippen LogP contribution in [-0.4, -0.2) is 20.2 Å². The number of tetrazole rings is 1. The fourth-order valence-electron chi connectivity index (χ4n) is 1.16. The average Bonchev–Trinajstić information content (AvgIpc) is 2.78. The summed E-state index contributed by atoms with van der Waals surface area (Å²) in [6.07, 6.45) is 0. The molecular weight excluding hydrogens is 226 g/mol. The van der Waals surface area contributed by atoms with E-state index >= 15 is 0 Å². The topological polar surface area (TPSA) is 67.4 Å². The van der Waals surface area contributed by atoms with Crippen LogP contribution in [0.25, 0.3) is 11.4 Å². The van der Waals surface area contributed by atoms with E-state index in [2.05, 4.69) is 15.4 Å². The van der Waals surface area contributed by atoms with Crippen LogP contribution >= 0.6 is 11.6 Å². The third-order valence-electron chi connectivity index (χ3n) is 2.06. The molecule has 0 aliphatic heterocycles. The van der Waals surface area contributed by atoms with E-state index in [1.54, 1.807) is 31.2 Å². The Morgan fingerprint density at radius 1 is 1.38 bits per heavy atom. The number of rotatable bonds is 2. The molecule has 0 saturated carbocycles. The Balaban J connectivity index is 2.32. The molecular formula is C10H8ClN5. The van der Waals surface area contributed by atoms with Crippen molar-refractivity contribution in [2.24, 2.45) is 0 Å². The molecule has 5 nitrogen and oxygen atoms in total. The van der Waals surface area contributed by atoms with Crippen molar-refractivity contribution in [3.8, 4) is 17.5 Å². The van der Waals surface area contributed by atoms with Crippen molar-refractivity contribution in [3.63, 3.8) is 0 Å². The molecule has 6 heteroatoms. The highest BCUT2D eigenvalue weighted by atomic mass is 35.5. The van der Waals surface area contributed by atoms with Gasteiger partial charge in [-0.05, 0) is 36.4 Å². The Hall–Kier alpha value is -1.93. The lowest BCUT2D eigenvalue weighted by Gasteiger charge is -1.97. The van der Waals surface area contributed by atoms with Gasteiger partial charge in [0.1, 0.15) is 0 Å². The maximum absolute atomic E-state index is 8.71. The van der Waals surface area contributed by atoms with Crippen molar-refractivity contribution in [2.45, 2.75) is 13.0 Å². The van der Waals surface area contributed by atoms with Crippen LogP contribution < -0.4 is 0 Å². The van der Waals surface area contributed by atoms with Crippen molar-refractivity contribution in [1.82, 2.24) is 20.2 Å². The van der Waals surface area contributed by atoms with Crippen LogP contribution in [0.5, 0.6) is 0 Å². The number of nitrogens with zero attached hydrogens (tertiary/aromatic N) is 5. The van der Waals surface area contributed by atoms with Crippen molar-refractivity contribution in [3.05, 3.63) is 29.3 Å². The van der Waals surface area contributed by atoms with Crippen LogP contribution in [0.15, 0.2) is 24.3 Å². The summed E-state index contributed by atoms with van der Waals surface area (Å²) in [5.74, 6) is 0.485. The van der Waals surface area contributed by atoms with Crippen LogP contribution in [-0.2, 0) is 0 Å². The lowest BCUT2D eigenvalue weighted by atomic mass is 10.2. The molecule has 1 aromatic carbocycles. The Kier molecular flexibility index (Phi) is 2.84. The van der Waals surface area contributed by atoms with Crippen LogP contribution in [0.4, 0.5) is 0 Å². The number of hydrogen-bond donors (Lipinski definition) is 0. The highest BCUT2D eigenvalue weighted by molar-refractivity contribution is 6.30. The van der Waals surface area contributed by atoms with E-state index < -0.39 is 6.04 Å². The van der Waals surface area contributed by atoms with Gasteiger partial charge in [0.15, 0.2) is 6.04 Å². The summed E-state index contributed by atoms with van der Waals surface area (Å²) < 4.78 is 0. The molecule has 2 aromatic rings. The van der Waals surface area contributed by atoms with Crippen LogP contribution in [0.3, 0.4) is 0 Å². The largest absolute Gasteiger partial charge is 0.204 e. The van der Waals surface area contributed by atoms with Crippen LogP contribution in [0.2, 0.25) is 5.02 Å². The normalized spacial score (nSPS) is 12.1. The second-order valence-corrected chi connectivity index (χ2v) is 3.68. The summed E-state index contributed by atoms with van der Waals surface area (Å²) in [7, 11) is 0. The van der Waals surface area contributed by atoms with E-state index in [4.69, 9.17) is 16.9 Å². The molecule has 0 radical (unpaired) electrons. The van der Waals surface area contributed by atoms with Crippen LogP contribution in [0.1, 0.15) is 13.0 Å². The van der Waals surface area contributed by atoms with Crippen molar-refractivity contribution in [1.29, 1.82) is 5.26 Å². The number of hydrogen-bond acceptors (Lipinski definition) is 4. The smallest absolute Gasteiger partial charge is 0.196 e. The first-order valence-corrected chi connectivity index (χ1v) is 5.03. The molecule has 0 N–H and O–H groups in total. The molecule has 1 unspecified atom stereocenters. The molecule has 0 aliphatic carbocycles. The van der Waals surface area contributed by atoms with E-state index in [1.807, 2.05) is 6.07 Å². The zero-order valence-electron chi connectivity index (χ0n) is 8.50. The van der Waals surface area contributed by atoms with Gasteiger partial charge >= 0.3 is 0 Å². The maximum atomic E-state index is 8.71. The molecule has 0 saturated heterocycles. The molecule has 0 amide bonds. The third kappa shape index (κ3) is 2.02. The van der Waals surface area contributed by atoms with Gasteiger partial charge in [-0.25, -0.2) is 0 Å². The van der Waals surface area contributed by atoms with Crippen molar-refractivity contribution in [2.75, 3.05) is 0 Å². The van der Waals surface area contributed by atoms with Crippen LogP contribution in [0, 0.1) is 11.3 Å². The van der Waals surface area contributed by atoms with E-state index in [-0.39, 0.29) is 0 Å². The summed E-state index contributed by atoms with van der Waals surface area (Å²) in [5.41, 5.74) is 0.820. The lowest BCUT2D eigenvalue weighted by molar-refractivity contribution is 0.501. The highest BCUT2D eigenvalue weighted by Gasteiger charge is 2.09. The van der Waals surface area contributed by atoms with Crippen molar-refractivity contribution < 1.29 is 0 Å². The maximum Gasteiger partial charge on any atom is 0.204 e.